The average Bonchev–Trinajstić information content (AvgIpc) is 3.26. The summed E-state index contributed by atoms with van der Waals surface area (Å²) in [7, 11) is 0. The standard InChI is InChI=1S/C22H18FN3O2S/c1-14(21(27)24-13-17-5-4-12-28-17)29-22-19-7-3-2-6-18(19)20(25-26-22)15-8-10-16(23)11-9-15/h2-12,14H,13H2,1H3,(H,24,27)/t14-/m1/s1. The van der Waals surface area contributed by atoms with E-state index >= 15 is 0 Å². The third-order valence-corrected chi connectivity index (χ3v) is 5.54. The first kappa shape index (κ1) is 19.1. The highest BCUT2D eigenvalue weighted by Crippen LogP contribution is 2.33. The molecule has 0 aliphatic heterocycles. The second-order valence-corrected chi connectivity index (χ2v) is 7.79. The van der Waals surface area contributed by atoms with Gasteiger partial charge < -0.3 is 9.73 Å². The van der Waals surface area contributed by atoms with Crippen molar-refractivity contribution in [2.75, 3.05) is 0 Å². The molecule has 1 N–H and O–H groups in total. The second kappa shape index (κ2) is 8.45. The molecule has 1 atom stereocenters. The molecule has 0 unspecified atom stereocenters. The van der Waals surface area contributed by atoms with E-state index in [4.69, 9.17) is 4.42 Å². The van der Waals surface area contributed by atoms with Gasteiger partial charge in [-0.05, 0) is 43.3 Å². The van der Waals surface area contributed by atoms with Gasteiger partial charge in [0, 0.05) is 16.3 Å². The minimum atomic E-state index is -0.362. The van der Waals surface area contributed by atoms with Crippen LogP contribution >= 0.6 is 11.8 Å². The minimum Gasteiger partial charge on any atom is -0.467 e. The van der Waals surface area contributed by atoms with E-state index in [1.807, 2.05) is 37.3 Å². The largest absolute Gasteiger partial charge is 0.467 e. The van der Waals surface area contributed by atoms with Gasteiger partial charge >= 0.3 is 0 Å². The predicted octanol–water partition coefficient (Wildman–Crippen LogP) is 4.83. The summed E-state index contributed by atoms with van der Waals surface area (Å²) in [6, 6.07) is 17.5. The van der Waals surface area contributed by atoms with Gasteiger partial charge in [0.05, 0.1) is 18.1 Å². The van der Waals surface area contributed by atoms with Crippen molar-refractivity contribution in [1.82, 2.24) is 15.5 Å². The van der Waals surface area contributed by atoms with Gasteiger partial charge in [-0.3, -0.25) is 4.79 Å². The maximum absolute atomic E-state index is 13.3. The average molecular weight is 407 g/mol. The van der Waals surface area contributed by atoms with Crippen molar-refractivity contribution in [3.05, 3.63) is 78.5 Å². The van der Waals surface area contributed by atoms with E-state index in [2.05, 4.69) is 15.5 Å². The minimum absolute atomic E-state index is 0.111. The molecule has 4 rings (SSSR count). The number of carbonyl (C=O) groups excluding carboxylic acids is 1. The Morgan fingerprint density at radius 2 is 1.83 bits per heavy atom. The van der Waals surface area contributed by atoms with Crippen LogP contribution in [0.3, 0.4) is 0 Å². The van der Waals surface area contributed by atoms with Crippen molar-refractivity contribution in [1.29, 1.82) is 0 Å². The molecule has 0 radical (unpaired) electrons. The third-order valence-electron chi connectivity index (χ3n) is 4.45. The van der Waals surface area contributed by atoms with Crippen LogP contribution in [0.5, 0.6) is 0 Å². The highest BCUT2D eigenvalue weighted by atomic mass is 32.2. The van der Waals surface area contributed by atoms with E-state index in [0.29, 0.717) is 23.0 Å². The lowest BCUT2D eigenvalue weighted by Crippen LogP contribution is -2.30. The number of carbonyl (C=O) groups is 1. The molecule has 2 heterocycles. The fourth-order valence-electron chi connectivity index (χ4n) is 2.94. The number of rotatable bonds is 6. The molecule has 2 aromatic carbocycles. The maximum atomic E-state index is 13.3. The molecule has 0 spiro atoms. The molecular formula is C22H18FN3O2S. The summed E-state index contributed by atoms with van der Waals surface area (Å²) in [5.74, 6) is 0.289. The molecule has 0 fully saturated rings. The quantitative estimate of drug-likeness (QED) is 0.464. The Morgan fingerprint density at radius 3 is 2.55 bits per heavy atom. The molecule has 2 aromatic heterocycles. The highest BCUT2D eigenvalue weighted by molar-refractivity contribution is 8.00. The summed E-state index contributed by atoms with van der Waals surface area (Å²) < 4.78 is 18.5. The highest BCUT2D eigenvalue weighted by Gasteiger charge is 2.18. The van der Waals surface area contributed by atoms with Crippen molar-refractivity contribution >= 4 is 28.4 Å². The fraction of sp³-hybridized carbons (Fsp3) is 0.136. The Kier molecular flexibility index (Phi) is 5.57. The molecule has 0 saturated carbocycles. The number of nitrogens with one attached hydrogen (secondary N) is 1. The summed E-state index contributed by atoms with van der Waals surface area (Å²) in [5.41, 5.74) is 1.47. The Morgan fingerprint density at radius 1 is 1.07 bits per heavy atom. The van der Waals surface area contributed by atoms with Crippen LogP contribution in [0, 0.1) is 5.82 Å². The monoisotopic (exact) mass is 407 g/mol. The predicted molar refractivity (Wildman–Crippen MR) is 111 cm³/mol. The summed E-state index contributed by atoms with van der Waals surface area (Å²) in [5, 5.41) is 13.7. The van der Waals surface area contributed by atoms with Crippen molar-refractivity contribution in [3.8, 4) is 11.3 Å². The Bertz CT molecular complexity index is 1130. The second-order valence-electron chi connectivity index (χ2n) is 6.46. The number of hydrogen-bond donors (Lipinski definition) is 1. The number of halogens is 1. The summed E-state index contributed by atoms with van der Waals surface area (Å²) in [6.45, 7) is 2.17. The first-order valence-corrected chi connectivity index (χ1v) is 9.98. The van der Waals surface area contributed by atoms with Gasteiger partial charge in [-0.1, -0.05) is 36.0 Å². The lowest BCUT2D eigenvalue weighted by atomic mass is 10.1. The van der Waals surface area contributed by atoms with Crippen molar-refractivity contribution in [2.45, 2.75) is 23.7 Å². The van der Waals surface area contributed by atoms with E-state index in [-0.39, 0.29) is 17.0 Å². The van der Waals surface area contributed by atoms with Gasteiger partial charge in [0.15, 0.2) is 0 Å². The van der Waals surface area contributed by atoms with Gasteiger partial charge in [0.1, 0.15) is 22.3 Å². The van der Waals surface area contributed by atoms with Crippen molar-refractivity contribution in [2.24, 2.45) is 0 Å². The zero-order chi connectivity index (χ0) is 20.2. The molecule has 0 saturated heterocycles. The SMILES string of the molecule is C[C@@H](Sc1nnc(-c2ccc(F)cc2)c2ccccc12)C(=O)NCc1ccco1. The topological polar surface area (TPSA) is 68.0 Å². The lowest BCUT2D eigenvalue weighted by Gasteiger charge is -2.13. The van der Waals surface area contributed by atoms with Crippen LogP contribution in [-0.4, -0.2) is 21.4 Å². The van der Waals surface area contributed by atoms with Gasteiger partial charge in [-0.15, -0.1) is 10.2 Å². The van der Waals surface area contributed by atoms with Gasteiger partial charge in [-0.2, -0.15) is 0 Å². The Balaban J connectivity index is 1.57. The number of fused-ring (bicyclic) bond motifs is 1. The normalized spacial score (nSPS) is 12.1. The van der Waals surface area contributed by atoms with E-state index in [1.165, 1.54) is 23.9 Å². The lowest BCUT2D eigenvalue weighted by molar-refractivity contribution is -0.120. The number of furan rings is 1. The van der Waals surface area contributed by atoms with Crippen LogP contribution in [0.1, 0.15) is 12.7 Å². The van der Waals surface area contributed by atoms with Crippen molar-refractivity contribution < 1.29 is 13.6 Å². The van der Waals surface area contributed by atoms with Crippen LogP contribution in [0.4, 0.5) is 4.39 Å². The first-order chi connectivity index (χ1) is 14.1. The summed E-state index contributed by atoms with van der Waals surface area (Å²) >= 11 is 1.35. The number of amides is 1. The van der Waals surface area contributed by atoms with Crippen molar-refractivity contribution in [3.63, 3.8) is 0 Å². The van der Waals surface area contributed by atoms with Gasteiger partial charge in [-0.25, -0.2) is 4.39 Å². The molecule has 0 aliphatic carbocycles. The molecule has 5 nitrogen and oxygen atoms in total. The number of benzene rings is 2. The molecule has 29 heavy (non-hydrogen) atoms. The zero-order valence-electron chi connectivity index (χ0n) is 15.6. The fourth-order valence-corrected chi connectivity index (χ4v) is 3.86. The molecule has 0 bridgehead atoms. The third kappa shape index (κ3) is 4.30. The van der Waals surface area contributed by atoms with Crippen LogP contribution in [0.2, 0.25) is 0 Å². The van der Waals surface area contributed by atoms with Gasteiger partial charge in [0.2, 0.25) is 5.91 Å². The maximum Gasteiger partial charge on any atom is 0.233 e. The van der Waals surface area contributed by atoms with E-state index in [1.54, 1.807) is 24.5 Å². The number of nitrogens with zero attached hydrogens (tertiary/aromatic N) is 2. The number of hydrogen-bond acceptors (Lipinski definition) is 5. The summed E-state index contributed by atoms with van der Waals surface area (Å²) in [4.78, 5) is 12.4. The van der Waals surface area contributed by atoms with Crippen LogP contribution in [0.15, 0.2) is 76.4 Å². The molecule has 7 heteroatoms. The van der Waals surface area contributed by atoms with Crippen LogP contribution in [-0.2, 0) is 11.3 Å². The van der Waals surface area contributed by atoms with E-state index in [9.17, 15) is 9.18 Å². The van der Waals surface area contributed by atoms with Crippen LogP contribution < -0.4 is 5.32 Å². The molecule has 4 aromatic rings. The van der Waals surface area contributed by atoms with E-state index < -0.39 is 0 Å². The van der Waals surface area contributed by atoms with E-state index in [0.717, 1.165) is 16.3 Å². The number of aromatic nitrogens is 2. The Labute approximate surface area is 171 Å². The zero-order valence-corrected chi connectivity index (χ0v) is 16.4. The molecule has 146 valence electrons. The smallest absolute Gasteiger partial charge is 0.233 e. The first-order valence-electron chi connectivity index (χ1n) is 9.10. The van der Waals surface area contributed by atoms with Crippen LogP contribution in [0.25, 0.3) is 22.0 Å². The Hall–Kier alpha value is -3.19. The summed E-state index contributed by atoms with van der Waals surface area (Å²) in [6.07, 6.45) is 1.57. The molecule has 0 aliphatic rings. The number of thioether (sulfide) groups is 1. The molecular weight excluding hydrogens is 389 g/mol. The van der Waals surface area contributed by atoms with Gasteiger partial charge in [0.25, 0.3) is 0 Å². The molecule has 1 amide bonds.